The molecule has 1 N–H and O–H groups in total. The molecule has 0 heterocycles. The Kier molecular flexibility index (Phi) is 2.98. The molecule has 1 aromatic rings. The Hall–Kier alpha value is -1.69. The fourth-order valence-electron chi connectivity index (χ4n) is 1.36. The van der Waals surface area contributed by atoms with Crippen LogP contribution in [0.2, 0.25) is 0 Å². The van der Waals surface area contributed by atoms with Gasteiger partial charge in [-0.15, -0.1) is 0 Å². The molecule has 14 heavy (non-hydrogen) atoms. The Labute approximate surface area is 83.6 Å². The second-order valence-electron chi connectivity index (χ2n) is 3.17. The minimum absolute atomic E-state index is 0.159. The molecule has 0 fully saturated rings. The quantitative estimate of drug-likeness (QED) is 0.778. The maximum atomic E-state index is 9.66. The van der Waals surface area contributed by atoms with Crippen LogP contribution in [0.15, 0.2) is 6.07 Å². The topological polar surface area (TPSA) is 53.2 Å². The molecule has 0 spiro atoms. The molecule has 1 aromatic carbocycles. The van der Waals surface area contributed by atoms with Crippen LogP contribution >= 0.6 is 0 Å². The van der Waals surface area contributed by atoms with Gasteiger partial charge in [0.15, 0.2) is 11.5 Å². The lowest BCUT2D eigenvalue weighted by atomic mass is 10.00. The predicted molar refractivity (Wildman–Crippen MR) is 53.4 cm³/mol. The van der Waals surface area contributed by atoms with E-state index < -0.39 is 0 Å². The van der Waals surface area contributed by atoms with Crippen LogP contribution in [0.4, 0.5) is 0 Å². The average Bonchev–Trinajstić information content (AvgIpc) is 2.19. The summed E-state index contributed by atoms with van der Waals surface area (Å²) in [7, 11) is 1.50. The zero-order chi connectivity index (χ0) is 10.7. The zero-order valence-electron chi connectivity index (χ0n) is 8.59. The van der Waals surface area contributed by atoms with E-state index in [0.717, 1.165) is 16.7 Å². The van der Waals surface area contributed by atoms with Crippen LogP contribution in [0.5, 0.6) is 11.5 Å². The minimum atomic E-state index is 0.159. The third-order valence-electron chi connectivity index (χ3n) is 2.43. The number of benzene rings is 1. The first-order valence-corrected chi connectivity index (χ1v) is 4.34. The van der Waals surface area contributed by atoms with Crippen molar-refractivity contribution in [3.8, 4) is 17.6 Å². The van der Waals surface area contributed by atoms with Crippen molar-refractivity contribution in [1.29, 1.82) is 5.26 Å². The van der Waals surface area contributed by atoms with Crippen molar-refractivity contribution in [1.82, 2.24) is 0 Å². The standard InChI is InChI=1S/C11H13NO2/c1-7-8(2)11(13)10(14-3)6-9(7)4-5-12/h6,13H,4H2,1-3H3. The summed E-state index contributed by atoms with van der Waals surface area (Å²) in [6.07, 6.45) is 0.337. The maximum Gasteiger partial charge on any atom is 0.161 e. The van der Waals surface area contributed by atoms with Crippen molar-refractivity contribution in [2.75, 3.05) is 7.11 Å². The van der Waals surface area contributed by atoms with Gasteiger partial charge in [-0.1, -0.05) is 0 Å². The molecule has 0 saturated heterocycles. The number of ether oxygens (including phenoxy) is 1. The summed E-state index contributed by atoms with van der Waals surface area (Å²) in [6, 6.07) is 3.79. The predicted octanol–water partition coefficient (Wildman–Crippen LogP) is 2.08. The summed E-state index contributed by atoms with van der Waals surface area (Å²) in [5.74, 6) is 0.588. The number of hydrogen-bond donors (Lipinski definition) is 1. The van der Waals surface area contributed by atoms with Gasteiger partial charge in [-0.25, -0.2) is 0 Å². The third-order valence-corrected chi connectivity index (χ3v) is 2.43. The molecule has 0 unspecified atom stereocenters. The van der Waals surface area contributed by atoms with Crippen LogP contribution in [-0.4, -0.2) is 12.2 Å². The van der Waals surface area contributed by atoms with Gasteiger partial charge < -0.3 is 9.84 Å². The molecule has 0 aliphatic heterocycles. The summed E-state index contributed by atoms with van der Waals surface area (Å²) in [5, 5.41) is 18.3. The summed E-state index contributed by atoms with van der Waals surface area (Å²) in [5.41, 5.74) is 2.62. The Bertz CT molecular complexity index is 391. The van der Waals surface area contributed by atoms with E-state index in [9.17, 15) is 5.11 Å². The van der Waals surface area contributed by atoms with Crippen LogP contribution in [0.25, 0.3) is 0 Å². The largest absolute Gasteiger partial charge is 0.504 e. The highest BCUT2D eigenvalue weighted by atomic mass is 16.5. The molecule has 0 aliphatic rings. The minimum Gasteiger partial charge on any atom is -0.504 e. The summed E-state index contributed by atoms with van der Waals surface area (Å²) < 4.78 is 5.01. The fourth-order valence-corrected chi connectivity index (χ4v) is 1.36. The second kappa shape index (κ2) is 4.01. The molecular weight excluding hydrogens is 178 g/mol. The Morgan fingerprint density at radius 2 is 2.07 bits per heavy atom. The van der Waals surface area contributed by atoms with Crippen molar-refractivity contribution < 1.29 is 9.84 Å². The first kappa shape index (κ1) is 10.4. The molecule has 1 rings (SSSR count). The highest BCUT2D eigenvalue weighted by Crippen LogP contribution is 2.33. The van der Waals surface area contributed by atoms with Gasteiger partial charge >= 0.3 is 0 Å². The number of aromatic hydroxyl groups is 1. The van der Waals surface area contributed by atoms with Gasteiger partial charge in [0.05, 0.1) is 19.6 Å². The lowest BCUT2D eigenvalue weighted by Gasteiger charge is -2.12. The highest BCUT2D eigenvalue weighted by molar-refractivity contribution is 5.53. The van der Waals surface area contributed by atoms with Crippen molar-refractivity contribution in [2.45, 2.75) is 20.3 Å². The third kappa shape index (κ3) is 1.64. The Morgan fingerprint density at radius 3 is 2.57 bits per heavy atom. The highest BCUT2D eigenvalue weighted by Gasteiger charge is 2.11. The van der Waals surface area contributed by atoms with Crippen LogP contribution in [0.3, 0.4) is 0 Å². The number of nitriles is 1. The normalized spacial score (nSPS) is 9.57. The van der Waals surface area contributed by atoms with Crippen LogP contribution in [0.1, 0.15) is 16.7 Å². The van der Waals surface area contributed by atoms with Crippen molar-refractivity contribution in [3.05, 3.63) is 22.8 Å². The van der Waals surface area contributed by atoms with E-state index in [1.807, 2.05) is 13.8 Å². The molecule has 0 aliphatic carbocycles. The van der Waals surface area contributed by atoms with Crippen LogP contribution in [0, 0.1) is 25.2 Å². The van der Waals surface area contributed by atoms with E-state index in [1.165, 1.54) is 7.11 Å². The van der Waals surface area contributed by atoms with E-state index >= 15 is 0 Å². The second-order valence-corrected chi connectivity index (χ2v) is 3.17. The van der Waals surface area contributed by atoms with Crippen LogP contribution in [-0.2, 0) is 6.42 Å². The lowest BCUT2D eigenvalue weighted by molar-refractivity contribution is 0.371. The zero-order valence-corrected chi connectivity index (χ0v) is 8.59. The summed E-state index contributed by atoms with van der Waals surface area (Å²) >= 11 is 0. The summed E-state index contributed by atoms with van der Waals surface area (Å²) in [4.78, 5) is 0. The number of hydrogen-bond acceptors (Lipinski definition) is 3. The molecule has 0 bridgehead atoms. The monoisotopic (exact) mass is 191 g/mol. The molecule has 74 valence electrons. The number of rotatable bonds is 2. The van der Waals surface area contributed by atoms with Gasteiger partial charge in [-0.2, -0.15) is 5.26 Å². The first-order chi connectivity index (χ1) is 6.61. The number of phenolic OH excluding ortho intramolecular Hbond substituents is 1. The summed E-state index contributed by atoms with van der Waals surface area (Å²) in [6.45, 7) is 3.70. The van der Waals surface area contributed by atoms with Gasteiger partial charge in [0.25, 0.3) is 0 Å². The maximum absolute atomic E-state index is 9.66. The fraction of sp³-hybridized carbons (Fsp3) is 0.364. The van der Waals surface area contributed by atoms with Gasteiger partial charge in [-0.05, 0) is 36.6 Å². The average molecular weight is 191 g/mol. The Morgan fingerprint density at radius 1 is 1.43 bits per heavy atom. The van der Waals surface area contributed by atoms with Crippen molar-refractivity contribution >= 4 is 0 Å². The molecule has 0 aromatic heterocycles. The SMILES string of the molecule is COc1cc(CC#N)c(C)c(C)c1O. The van der Waals surface area contributed by atoms with Gasteiger partial charge in [0, 0.05) is 0 Å². The smallest absolute Gasteiger partial charge is 0.161 e. The molecule has 0 radical (unpaired) electrons. The van der Waals surface area contributed by atoms with Gasteiger partial charge in [0.1, 0.15) is 0 Å². The van der Waals surface area contributed by atoms with E-state index in [4.69, 9.17) is 10.00 Å². The van der Waals surface area contributed by atoms with E-state index in [2.05, 4.69) is 6.07 Å². The number of methoxy groups -OCH3 is 1. The first-order valence-electron chi connectivity index (χ1n) is 4.34. The molecule has 0 saturated carbocycles. The van der Waals surface area contributed by atoms with Crippen LogP contribution < -0.4 is 4.74 Å². The Balaban J connectivity index is 3.34. The van der Waals surface area contributed by atoms with Gasteiger partial charge in [0.2, 0.25) is 0 Å². The lowest BCUT2D eigenvalue weighted by Crippen LogP contribution is -1.95. The van der Waals surface area contributed by atoms with Gasteiger partial charge in [-0.3, -0.25) is 0 Å². The van der Waals surface area contributed by atoms with E-state index in [0.29, 0.717) is 12.2 Å². The van der Waals surface area contributed by atoms with Crippen molar-refractivity contribution in [2.24, 2.45) is 0 Å². The molecular formula is C11H13NO2. The molecule has 0 atom stereocenters. The van der Waals surface area contributed by atoms with Crippen molar-refractivity contribution in [3.63, 3.8) is 0 Å². The van der Waals surface area contributed by atoms with E-state index in [1.54, 1.807) is 6.07 Å². The molecule has 3 heteroatoms. The van der Waals surface area contributed by atoms with E-state index in [-0.39, 0.29) is 5.75 Å². The number of nitrogens with zero attached hydrogens (tertiary/aromatic N) is 1. The molecule has 0 amide bonds. The number of phenols is 1. The molecule has 3 nitrogen and oxygen atoms in total.